The standard InChI is InChI=1S/C17H29NO3/c1-7-17(4,21-9-3)16(18-8-2)13-10-14(19-5)12-15(11-13)20-6/h10-12,16,18H,7-9H2,1-6H3. The van der Waals surface area contributed by atoms with E-state index in [1.807, 2.05) is 25.1 Å². The molecule has 4 nitrogen and oxygen atoms in total. The van der Waals surface area contributed by atoms with Crippen LogP contribution in [-0.2, 0) is 4.74 Å². The highest BCUT2D eigenvalue weighted by Crippen LogP contribution is 2.35. The Kier molecular flexibility index (Phi) is 6.99. The van der Waals surface area contributed by atoms with Gasteiger partial charge >= 0.3 is 0 Å². The minimum Gasteiger partial charge on any atom is -0.497 e. The highest BCUT2D eigenvalue weighted by Gasteiger charge is 2.34. The first-order chi connectivity index (χ1) is 10.0. The van der Waals surface area contributed by atoms with Crippen molar-refractivity contribution in [2.75, 3.05) is 27.4 Å². The van der Waals surface area contributed by atoms with Crippen molar-refractivity contribution in [3.63, 3.8) is 0 Å². The fraction of sp³-hybridized carbons (Fsp3) is 0.647. The van der Waals surface area contributed by atoms with E-state index in [9.17, 15) is 0 Å². The zero-order chi connectivity index (χ0) is 15.9. The van der Waals surface area contributed by atoms with E-state index >= 15 is 0 Å². The smallest absolute Gasteiger partial charge is 0.122 e. The Morgan fingerprint density at radius 3 is 2.00 bits per heavy atom. The van der Waals surface area contributed by atoms with Gasteiger partial charge in [0.25, 0.3) is 0 Å². The second kappa shape index (κ2) is 8.25. The number of hydrogen-bond acceptors (Lipinski definition) is 4. The van der Waals surface area contributed by atoms with Gasteiger partial charge in [-0.25, -0.2) is 0 Å². The summed E-state index contributed by atoms with van der Waals surface area (Å²) >= 11 is 0. The van der Waals surface area contributed by atoms with Gasteiger partial charge in [-0.3, -0.25) is 0 Å². The van der Waals surface area contributed by atoms with Crippen LogP contribution in [0.2, 0.25) is 0 Å². The van der Waals surface area contributed by atoms with Crippen LogP contribution in [-0.4, -0.2) is 33.0 Å². The molecule has 120 valence electrons. The molecule has 0 saturated carbocycles. The summed E-state index contributed by atoms with van der Waals surface area (Å²) in [5.41, 5.74) is 0.841. The number of hydrogen-bond donors (Lipinski definition) is 1. The van der Waals surface area contributed by atoms with Crippen molar-refractivity contribution < 1.29 is 14.2 Å². The van der Waals surface area contributed by atoms with E-state index < -0.39 is 0 Å². The molecule has 1 aromatic carbocycles. The van der Waals surface area contributed by atoms with E-state index in [4.69, 9.17) is 14.2 Å². The van der Waals surface area contributed by atoms with Crippen molar-refractivity contribution in [2.24, 2.45) is 0 Å². The maximum absolute atomic E-state index is 6.05. The fourth-order valence-electron chi connectivity index (χ4n) is 2.61. The minimum absolute atomic E-state index is 0.0800. The van der Waals surface area contributed by atoms with Crippen LogP contribution < -0.4 is 14.8 Å². The van der Waals surface area contributed by atoms with E-state index in [0.717, 1.165) is 30.0 Å². The lowest BCUT2D eigenvalue weighted by atomic mass is 9.87. The highest BCUT2D eigenvalue weighted by atomic mass is 16.5. The van der Waals surface area contributed by atoms with E-state index in [1.165, 1.54) is 0 Å². The molecule has 0 spiro atoms. The molecule has 0 saturated heterocycles. The van der Waals surface area contributed by atoms with Crippen LogP contribution in [0.5, 0.6) is 11.5 Å². The Morgan fingerprint density at radius 2 is 1.62 bits per heavy atom. The first-order valence-corrected chi connectivity index (χ1v) is 7.64. The van der Waals surface area contributed by atoms with Gasteiger partial charge in [0.05, 0.1) is 25.9 Å². The zero-order valence-electron chi connectivity index (χ0n) is 14.2. The quantitative estimate of drug-likeness (QED) is 0.756. The molecule has 0 heterocycles. The molecule has 0 fully saturated rings. The van der Waals surface area contributed by atoms with Crippen LogP contribution in [0.3, 0.4) is 0 Å². The first-order valence-electron chi connectivity index (χ1n) is 7.64. The molecule has 0 aliphatic rings. The lowest BCUT2D eigenvalue weighted by Crippen LogP contribution is -2.43. The average Bonchev–Trinajstić information content (AvgIpc) is 2.51. The molecule has 0 amide bonds. The number of methoxy groups -OCH3 is 2. The normalized spacial score (nSPS) is 15.3. The molecular formula is C17H29NO3. The van der Waals surface area contributed by atoms with Crippen LogP contribution in [0.4, 0.5) is 0 Å². The second-order valence-electron chi connectivity index (χ2n) is 5.24. The highest BCUT2D eigenvalue weighted by molar-refractivity contribution is 5.40. The molecule has 1 rings (SSSR count). The van der Waals surface area contributed by atoms with Crippen LogP contribution >= 0.6 is 0 Å². The summed E-state index contributed by atoms with van der Waals surface area (Å²) in [4.78, 5) is 0. The topological polar surface area (TPSA) is 39.7 Å². The number of rotatable bonds is 9. The molecule has 2 unspecified atom stereocenters. The van der Waals surface area contributed by atoms with Gasteiger partial charge in [0, 0.05) is 12.7 Å². The van der Waals surface area contributed by atoms with E-state index in [-0.39, 0.29) is 11.6 Å². The van der Waals surface area contributed by atoms with Gasteiger partial charge in [-0.1, -0.05) is 13.8 Å². The summed E-state index contributed by atoms with van der Waals surface area (Å²) in [6, 6.07) is 6.05. The lowest BCUT2D eigenvalue weighted by molar-refractivity contribution is -0.0560. The average molecular weight is 295 g/mol. The third-order valence-electron chi connectivity index (χ3n) is 3.90. The minimum atomic E-state index is -0.276. The summed E-state index contributed by atoms with van der Waals surface area (Å²) in [6.07, 6.45) is 0.915. The fourth-order valence-corrected chi connectivity index (χ4v) is 2.61. The van der Waals surface area contributed by atoms with Gasteiger partial charge in [-0.15, -0.1) is 0 Å². The molecular weight excluding hydrogens is 266 g/mol. The Morgan fingerprint density at radius 1 is 1.05 bits per heavy atom. The molecule has 21 heavy (non-hydrogen) atoms. The number of benzene rings is 1. The predicted octanol–water partition coefficient (Wildman–Crippen LogP) is 3.56. The Bertz CT molecular complexity index is 414. The molecule has 0 aromatic heterocycles. The molecule has 4 heteroatoms. The first kappa shape index (κ1) is 17.8. The third-order valence-corrected chi connectivity index (χ3v) is 3.90. The van der Waals surface area contributed by atoms with Crippen molar-refractivity contribution in [3.05, 3.63) is 23.8 Å². The molecule has 0 bridgehead atoms. The largest absolute Gasteiger partial charge is 0.497 e. The predicted molar refractivity (Wildman–Crippen MR) is 86.3 cm³/mol. The third kappa shape index (κ3) is 4.35. The molecule has 1 N–H and O–H groups in total. The Labute approximate surface area is 128 Å². The summed E-state index contributed by atoms with van der Waals surface area (Å²) in [6.45, 7) is 9.99. The van der Waals surface area contributed by atoms with Crippen LogP contribution in [0, 0.1) is 0 Å². The van der Waals surface area contributed by atoms with Crippen molar-refractivity contribution in [3.8, 4) is 11.5 Å². The zero-order valence-corrected chi connectivity index (χ0v) is 14.2. The van der Waals surface area contributed by atoms with Crippen molar-refractivity contribution in [1.29, 1.82) is 0 Å². The maximum atomic E-state index is 6.05. The summed E-state index contributed by atoms with van der Waals surface area (Å²) < 4.78 is 16.8. The number of nitrogens with one attached hydrogen (secondary N) is 1. The van der Waals surface area contributed by atoms with Crippen LogP contribution in [0.1, 0.15) is 45.7 Å². The summed E-state index contributed by atoms with van der Waals surface area (Å²) in [5.74, 6) is 1.59. The van der Waals surface area contributed by atoms with Gasteiger partial charge in [-0.2, -0.15) is 0 Å². The molecule has 0 aliphatic carbocycles. The SMILES string of the molecule is CCNC(c1cc(OC)cc(OC)c1)C(C)(CC)OCC. The molecule has 0 radical (unpaired) electrons. The van der Waals surface area contributed by atoms with Crippen molar-refractivity contribution in [2.45, 2.75) is 45.8 Å². The van der Waals surface area contributed by atoms with Gasteiger partial charge in [0.1, 0.15) is 11.5 Å². The van der Waals surface area contributed by atoms with E-state index in [1.54, 1.807) is 14.2 Å². The van der Waals surface area contributed by atoms with E-state index in [2.05, 4.69) is 26.1 Å². The Hall–Kier alpha value is -1.26. The monoisotopic (exact) mass is 295 g/mol. The molecule has 0 aliphatic heterocycles. The Balaban J connectivity index is 3.26. The van der Waals surface area contributed by atoms with E-state index in [0.29, 0.717) is 6.61 Å². The second-order valence-corrected chi connectivity index (χ2v) is 5.24. The molecule has 1 aromatic rings. The van der Waals surface area contributed by atoms with Gasteiger partial charge in [0.15, 0.2) is 0 Å². The van der Waals surface area contributed by atoms with Crippen molar-refractivity contribution >= 4 is 0 Å². The summed E-state index contributed by atoms with van der Waals surface area (Å²) in [7, 11) is 3.34. The molecule has 2 atom stereocenters. The summed E-state index contributed by atoms with van der Waals surface area (Å²) in [5, 5.41) is 3.54. The van der Waals surface area contributed by atoms with Gasteiger partial charge in [-0.05, 0) is 44.5 Å². The number of ether oxygens (including phenoxy) is 3. The number of likely N-dealkylation sites (N-methyl/N-ethyl adjacent to an activating group) is 1. The van der Waals surface area contributed by atoms with Crippen molar-refractivity contribution in [1.82, 2.24) is 5.32 Å². The van der Waals surface area contributed by atoms with Gasteiger partial charge < -0.3 is 19.5 Å². The van der Waals surface area contributed by atoms with Gasteiger partial charge in [0.2, 0.25) is 0 Å². The maximum Gasteiger partial charge on any atom is 0.122 e. The van der Waals surface area contributed by atoms with Crippen LogP contribution in [0.25, 0.3) is 0 Å². The lowest BCUT2D eigenvalue weighted by Gasteiger charge is -2.38. The van der Waals surface area contributed by atoms with Crippen LogP contribution in [0.15, 0.2) is 18.2 Å².